The van der Waals surface area contributed by atoms with Gasteiger partial charge in [-0.3, -0.25) is 19.7 Å². The lowest BCUT2D eigenvalue weighted by Gasteiger charge is -2.19. The molecule has 1 N–H and O–H groups in total. The van der Waals surface area contributed by atoms with Gasteiger partial charge in [-0.1, -0.05) is 32.0 Å². The Balaban J connectivity index is 2.42. The molecule has 1 atom stereocenters. The van der Waals surface area contributed by atoms with Gasteiger partial charge in [-0.05, 0) is 51.3 Å². The first-order valence-corrected chi connectivity index (χ1v) is 11.5. The quantitative estimate of drug-likeness (QED) is 0.171. The Morgan fingerprint density at radius 3 is 2.46 bits per heavy atom. The number of esters is 1. The molecule has 0 aliphatic carbocycles. The largest absolute Gasteiger partial charge is 0.463 e. The Bertz CT molecular complexity index is 1170. The summed E-state index contributed by atoms with van der Waals surface area (Å²) in [6.45, 7) is 12.3. The number of hydrogen-bond donors (Lipinski definition) is 1. The van der Waals surface area contributed by atoms with Crippen molar-refractivity contribution in [3.05, 3.63) is 68.5 Å². The maximum Gasteiger partial charge on any atom is 0.308 e. The van der Waals surface area contributed by atoms with Gasteiger partial charge in [-0.25, -0.2) is 0 Å². The number of carbonyl (C=O) groups is 2. The van der Waals surface area contributed by atoms with Gasteiger partial charge in [0.25, 0.3) is 11.6 Å². The number of ether oxygens (including phenoxy) is 1. The molecule has 1 aromatic carbocycles. The van der Waals surface area contributed by atoms with E-state index in [4.69, 9.17) is 4.74 Å². The van der Waals surface area contributed by atoms with Crippen LogP contribution in [0.15, 0.2) is 35.9 Å². The fourth-order valence-electron chi connectivity index (χ4n) is 3.82. The van der Waals surface area contributed by atoms with Crippen LogP contribution in [0.1, 0.15) is 62.7 Å². The Morgan fingerprint density at radius 2 is 1.89 bits per heavy atom. The van der Waals surface area contributed by atoms with Crippen molar-refractivity contribution in [1.82, 2.24) is 9.88 Å². The number of aryl methyl sites for hydroxylation is 1. The molecule has 2 rings (SSSR count). The van der Waals surface area contributed by atoms with Crippen LogP contribution < -0.4 is 5.32 Å². The third kappa shape index (κ3) is 7.27. The molecule has 0 aliphatic heterocycles. The second-order valence-corrected chi connectivity index (χ2v) is 9.09. The second-order valence-electron chi connectivity index (χ2n) is 9.09. The lowest BCUT2D eigenvalue weighted by Crippen LogP contribution is -2.32. The van der Waals surface area contributed by atoms with E-state index in [-0.39, 0.29) is 29.3 Å². The zero-order valence-corrected chi connectivity index (χ0v) is 21.0. The minimum atomic E-state index is -1.06. The normalized spacial score (nSPS) is 12.4. The third-order valence-corrected chi connectivity index (χ3v) is 5.38. The van der Waals surface area contributed by atoms with E-state index in [0.717, 1.165) is 23.5 Å². The van der Waals surface area contributed by atoms with Crippen molar-refractivity contribution < 1.29 is 19.2 Å². The number of benzene rings is 1. The van der Waals surface area contributed by atoms with Crippen LogP contribution in [0, 0.1) is 41.2 Å². The third-order valence-electron chi connectivity index (χ3n) is 5.38. The highest BCUT2D eigenvalue weighted by Crippen LogP contribution is 2.28. The van der Waals surface area contributed by atoms with Crippen LogP contribution in [0.4, 0.5) is 5.69 Å². The van der Waals surface area contributed by atoms with Crippen molar-refractivity contribution in [1.29, 1.82) is 5.26 Å². The number of nitrogens with zero attached hydrogens (tertiary/aromatic N) is 3. The topological polar surface area (TPSA) is 127 Å². The number of para-hydroxylation sites is 1. The minimum Gasteiger partial charge on any atom is -0.463 e. The van der Waals surface area contributed by atoms with Gasteiger partial charge in [-0.2, -0.15) is 5.26 Å². The van der Waals surface area contributed by atoms with E-state index in [1.807, 2.05) is 26.0 Å². The van der Waals surface area contributed by atoms with E-state index in [2.05, 4.69) is 23.7 Å². The van der Waals surface area contributed by atoms with E-state index in [1.165, 1.54) is 24.3 Å². The van der Waals surface area contributed by atoms with Crippen molar-refractivity contribution in [3.63, 3.8) is 0 Å². The maximum absolute atomic E-state index is 13.1. The molecule has 0 fully saturated rings. The minimum absolute atomic E-state index is 0.152. The number of nitrogens with one attached hydrogen (secondary N) is 1. The molecule has 186 valence electrons. The first kappa shape index (κ1) is 27.3. The summed E-state index contributed by atoms with van der Waals surface area (Å²) < 4.78 is 7.31. The van der Waals surface area contributed by atoms with Gasteiger partial charge >= 0.3 is 5.97 Å². The number of aromatic nitrogens is 1. The molecule has 1 amide bonds. The average Bonchev–Trinajstić information content (AvgIpc) is 3.03. The smallest absolute Gasteiger partial charge is 0.308 e. The molecular formula is C26H32N4O5. The maximum atomic E-state index is 13.1. The molecule has 0 spiro atoms. The number of carbonyl (C=O) groups excluding carboxylic acids is 2. The molecular weight excluding hydrogens is 448 g/mol. The molecule has 0 saturated heterocycles. The molecule has 35 heavy (non-hydrogen) atoms. The summed E-state index contributed by atoms with van der Waals surface area (Å²) in [5.41, 5.74) is 2.41. The Kier molecular flexibility index (Phi) is 9.34. The van der Waals surface area contributed by atoms with Gasteiger partial charge in [-0.15, -0.1) is 0 Å². The first-order valence-electron chi connectivity index (χ1n) is 11.5. The summed E-state index contributed by atoms with van der Waals surface area (Å²) in [5.74, 6) is -0.937. The molecule has 2 aromatic rings. The SMILES string of the molecule is Cc1cc(/C=C(/C#N)C(=O)NC(CC(=O)OC(C)C)c2ccccc2[N+](=O)[O-])c(C)n1CC(C)C. The lowest BCUT2D eigenvalue weighted by molar-refractivity contribution is -0.385. The van der Waals surface area contributed by atoms with Crippen LogP contribution in [0.3, 0.4) is 0 Å². The highest BCUT2D eigenvalue weighted by Gasteiger charge is 2.27. The van der Waals surface area contributed by atoms with E-state index >= 15 is 0 Å². The molecule has 9 heteroatoms. The average molecular weight is 481 g/mol. The van der Waals surface area contributed by atoms with Crippen LogP contribution in [0.2, 0.25) is 0 Å². The van der Waals surface area contributed by atoms with Gasteiger partial charge < -0.3 is 14.6 Å². The lowest BCUT2D eigenvalue weighted by atomic mass is 10.0. The van der Waals surface area contributed by atoms with E-state index in [0.29, 0.717) is 5.92 Å². The summed E-state index contributed by atoms with van der Waals surface area (Å²) in [7, 11) is 0. The number of nitriles is 1. The second kappa shape index (κ2) is 12.0. The number of amides is 1. The predicted octanol–water partition coefficient (Wildman–Crippen LogP) is 4.78. The van der Waals surface area contributed by atoms with E-state index in [1.54, 1.807) is 19.9 Å². The fraction of sp³-hybridized carbons (Fsp3) is 0.423. The Labute approximate surface area is 205 Å². The zero-order chi connectivity index (χ0) is 26.3. The predicted molar refractivity (Wildman–Crippen MR) is 132 cm³/mol. The Hall–Kier alpha value is -3.93. The Morgan fingerprint density at radius 1 is 1.23 bits per heavy atom. The van der Waals surface area contributed by atoms with Crippen molar-refractivity contribution >= 4 is 23.6 Å². The molecule has 0 bridgehead atoms. The summed E-state index contributed by atoms with van der Waals surface area (Å²) in [5, 5.41) is 23.9. The van der Waals surface area contributed by atoms with Gasteiger partial charge in [0, 0.05) is 24.0 Å². The standard InChI is InChI=1S/C26H32N4O5/c1-16(2)15-29-18(5)11-20(19(29)6)12-21(14-27)26(32)28-23(13-25(31)35-17(3)4)22-9-7-8-10-24(22)30(33)34/h7-12,16-17,23H,13,15H2,1-6H3,(H,28,32)/b21-12-. The van der Waals surface area contributed by atoms with E-state index < -0.39 is 22.8 Å². The van der Waals surface area contributed by atoms with Crippen LogP contribution >= 0.6 is 0 Å². The number of rotatable bonds is 10. The summed E-state index contributed by atoms with van der Waals surface area (Å²) in [4.78, 5) is 36.5. The van der Waals surface area contributed by atoms with Crippen molar-refractivity contribution in [2.45, 2.75) is 66.7 Å². The van der Waals surface area contributed by atoms with Crippen LogP contribution in [-0.4, -0.2) is 27.5 Å². The molecule has 1 heterocycles. The van der Waals surface area contributed by atoms with Gasteiger partial charge in [0.1, 0.15) is 11.6 Å². The molecule has 1 unspecified atom stereocenters. The highest BCUT2D eigenvalue weighted by molar-refractivity contribution is 6.02. The van der Waals surface area contributed by atoms with Crippen molar-refractivity contribution in [3.8, 4) is 6.07 Å². The first-order chi connectivity index (χ1) is 16.4. The highest BCUT2D eigenvalue weighted by atomic mass is 16.6. The molecule has 0 aliphatic rings. The molecule has 0 radical (unpaired) electrons. The molecule has 0 saturated carbocycles. The molecule has 9 nitrogen and oxygen atoms in total. The van der Waals surface area contributed by atoms with Gasteiger partial charge in [0.15, 0.2) is 0 Å². The fourth-order valence-corrected chi connectivity index (χ4v) is 3.82. The number of nitro groups is 1. The van der Waals surface area contributed by atoms with Crippen LogP contribution in [-0.2, 0) is 20.9 Å². The van der Waals surface area contributed by atoms with Gasteiger partial charge in [0.2, 0.25) is 0 Å². The van der Waals surface area contributed by atoms with E-state index in [9.17, 15) is 25.0 Å². The van der Waals surface area contributed by atoms with Crippen molar-refractivity contribution in [2.24, 2.45) is 5.92 Å². The summed E-state index contributed by atoms with van der Waals surface area (Å²) in [6.07, 6.45) is 0.786. The monoisotopic (exact) mass is 480 g/mol. The summed E-state index contributed by atoms with van der Waals surface area (Å²) >= 11 is 0. The van der Waals surface area contributed by atoms with Crippen molar-refractivity contribution in [2.75, 3.05) is 0 Å². The summed E-state index contributed by atoms with van der Waals surface area (Å²) in [6, 6.07) is 8.62. The van der Waals surface area contributed by atoms with Gasteiger partial charge in [0.05, 0.1) is 29.1 Å². The number of hydrogen-bond acceptors (Lipinski definition) is 6. The zero-order valence-electron chi connectivity index (χ0n) is 21.0. The van der Waals surface area contributed by atoms with Crippen LogP contribution in [0.5, 0.6) is 0 Å². The molecule has 1 aromatic heterocycles. The van der Waals surface area contributed by atoms with Crippen LogP contribution in [0.25, 0.3) is 6.08 Å². The number of nitro benzene ring substituents is 1.